The minimum Gasteiger partial charge on any atom is -0.398 e. The SMILES string of the molecule is Cc1cc(N=Nc2cccc(S(=O)(=O)O)c2C)c(N)cc1N.[Na]. The summed E-state index contributed by atoms with van der Waals surface area (Å²) in [5.74, 6) is 0. The van der Waals surface area contributed by atoms with Crippen molar-refractivity contribution in [3.05, 3.63) is 41.5 Å². The zero-order chi connectivity index (χ0) is 16.5. The molecule has 2 aromatic carbocycles. The quantitative estimate of drug-likeness (QED) is 0.341. The maximum absolute atomic E-state index is 11.3. The van der Waals surface area contributed by atoms with Crippen LogP contribution in [0.5, 0.6) is 0 Å². The molecule has 7 nitrogen and oxygen atoms in total. The molecule has 0 aliphatic rings. The maximum Gasteiger partial charge on any atom is 0.294 e. The zero-order valence-electron chi connectivity index (χ0n) is 13.1. The van der Waals surface area contributed by atoms with Crippen LogP contribution in [0.3, 0.4) is 0 Å². The molecule has 0 aliphatic carbocycles. The van der Waals surface area contributed by atoms with Crippen molar-refractivity contribution >= 4 is 62.4 Å². The van der Waals surface area contributed by atoms with E-state index in [1.165, 1.54) is 19.1 Å². The number of nitrogens with two attached hydrogens (primary N) is 2. The van der Waals surface area contributed by atoms with Gasteiger partial charge >= 0.3 is 0 Å². The van der Waals surface area contributed by atoms with Gasteiger partial charge in [-0.2, -0.15) is 13.5 Å². The molecule has 5 N–H and O–H groups in total. The van der Waals surface area contributed by atoms with Gasteiger partial charge in [0.05, 0.1) is 16.3 Å². The molecule has 0 fully saturated rings. The predicted octanol–water partition coefficient (Wildman–Crippen LogP) is 2.75. The van der Waals surface area contributed by atoms with Crippen LogP contribution < -0.4 is 11.5 Å². The Morgan fingerprint density at radius 3 is 2.22 bits per heavy atom. The van der Waals surface area contributed by atoms with Gasteiger partial charge in [-0.3, -0.25) is 4.55 Å². The van der Waals surface area contributed by atoms with Crippen molar-refractivity contribution in [2.45, 2.75) is 18.7 Å². The Morgan fingerprint density at radius 2 is 1.61 bits per heavy atom. The van der Waals surface area contributed by atoms with Crippen molar-refractivity contribution in [3.8, 4) is 0 Å². The molecule has 0 aliphatic heterocycles. The molecule has 0 bridgehead atoms. The molecule has 0 saturated heterocycles. The first-order valence-electron chi connectivity index (χ1n) is 6.34. The van der Waals surface area contributed by atoms with E-state index in [1.807, 2.05) is 6.92 Å². The van der Waals surface area contributed by atoms with E-state index in [0.29, 0.717) is 28.3 Å². The topological polar surface area (TPSA) is 131 Å². The Kier molecular flexibility index (Phi) is 6.32. The molecule has 0 spiro atoms. The third kappa shape index (κ3) is 4.52. The monoisotopic (exact) mass is 343 g/mol. The van der Waals surface area contributed by atoms with Crippen LogP contribution in [0.2, 0.25) is 0 Å². The van der Waals surface area contributed by atoms with Crippen LogP contribution in [0.1, 0.15) is 11.1 Å². The van der Waals surface area contributed by atoms with Gasteiger partial charge in [0.25, 0.3) is 10.1 Å². The van der Waals surface area contributed by atoms with Crippen molar-refractivity contribution in [1.82, 2.24) is 0 Å². The van der Waals surface area contributed by atoms with Crippen LogP contribution in [0.4, 0.5) is 22.7 Å². The van der Waals surface area contributed by atoms with Gasteiger partial charge in [-0.15, -0.1) is 5.11 Å². The fourth-order valence-electron chi connectivity index (χ4n) is 1.91. The van der Waals surface area contributed by atoms with Crippen molar-refractivity contribution in [1.29, 1.82) is 0 Å². The molecule has 0 unspecified atom stereocenters. The van der Waals surface area contributed by atoms with Crippen molar-refractivity contribution in [2.75, 3.05) is 11.5 Å². The Morgan fingerprint density at radius 1 is 1.00 bits per heavy atom. The van der Waals surface area contributed by atoms with E-state index >= 15 is 0 Å². The van der Waals surface area contributed by atoms with E-state index in [4.69, 9.17) is 16.0 Å². The predicted molar refractivity (Wildman–Crippen MR) is 90.9 cm³/mol. The summed E-state index contributed by atoms with van der Waals surface area (Å²) in [5.41, 5.74) is 14.4. The van der Waals surface area contributed by atoms with E-state index in [0.717, 1.165) is 5.56 Å². The molecule has 0 amide bonds. The molecule has 0 heterocycles. The van der Waals surface area contributed by atoms with Crippen LogP contribution in [-0.2, 0) is 10.1 Å². The van der Waals surface area contributed by atoms with Crippen LogP contribution in [0, 0.1) is 13.8 Å². The number of benzene rings is 2. The number of aryl methyl sites for hydroxylation is 1. The number of nitrogens with zero attached hydrogens (tertiary/aromatic N) is 2. The Labute approximate surface area is 156 Å². The first-order chi connectivity index (χ1) is 10.2. The van der Waals surface area contributed by atoms with E-state index in [-0.39, 0.29) is 34.5 Å². The van der Waals surface area contributed by atoms with Crippen LogP contribution in [0.15, 0.2) is 45.5 Å². The summed E-state index contributed by atoms with van der Waals surface area (Å²) in [7, 11) is -4.30. The summed E-state index contributed by atoms with van der Waals surface area (Å²) >= 11 is 0. The second-order valence-electron chi connectivity index (χ2n) is 4.84. The first kappa shape index (κ1) is 19.6. The van der Waals surface area contributed by atoms with E-state index in [1.54, 1.807) is 18.2 Å². The Balaban J connectivity index is 0.00000264. The average molecular weight is 343 g/mol. The molecule has 0 saturated carbocycles. The zero-order valence-corrected chi connectivity index (χ0v) is 15.9. The number of anilines is 2. The van der Waals surface area contributed by atoms with Gasteiger partial charge in [0.2, 0.25) is 0 Å². The first-order valence-corrected chi connectivity index (χ1v) is 7.78. The van der Waals surface area contributed by atoms with Crippen molar-refractivity contribution < 1.29 is 13.0 Å². The molecule has 0 aromatic heterocycles. The second-order valence-corrected chi connectivity index (χ2v) is 6.23. The average Bonchev–Trinajstić information content (AvgIpc) is 2.41. The summed E-state index contributed by atoms with van der Waals surface area (Å²) in [6.45, 7) is 3.35. The summed E-state index contributed by atoms with van der Waals surface area (Å²) in [4.78, 5) is -0.203. The summed E-state index contributed by atoms with van der Waals surface area (Å²) in [5, 5.41) is 8.04. The van der Waals surface area contributed by atoms with Gasteiger partial charge in [0, 0.05) is 35.2 Å². The number of hydrogen-bond donors (Lipinski definition) is 3. The van der Waals surface area contributed by atoms with Crippen LogP contribution >= 0.6 is 0 Å². The fraction of sp³-hybridized carbons (Fsp3) is 0.143. The number of rotatable bonds is 3. The Bertz CT molecular complexity index is 867. The number of hydrogen-bond acceptors (Lipinski definition) is 6. The molecule has 9 heteroatoms. The second kappa shape index (κ2) is 7.41. The van der Waals surface area contributed by atoms with Gasteiger partial charge in [0.1, 0.15) is 5.69 Å². The summed E-state index contributed by atoms with van der Waals surface area (Å²) in [6, 6.07) is 7.64. The van der Waals surface area contributed by atoms with E-state index < -0.39 is 10.1 Å². The smallest absolute Gasteiger partial charge is 0.294 e. The normalized spacial score (nSPS) is 11.4. The molecule has 2 rings (SSSR count). The number of nitrogen functional groups attached to an aromatic ring is 2. The van der Waals surface area contributed by atoms with Gasteiger partial charge in [-0.1, -0.05) is 6.07 Å². The van der Waals surface area contributed by atoms with E-state index in [2.05, 4.69) is 10.2 Å². The van der Waals surface area contributed by atoms with Crippen LogP contribution in [-0.4, -0.2) is 42.5 Å². The molecular formula is C14H16N4NaO3S. The van der Waals surface area contributed by atoms with Gasteiger partial charge in [-0.25, -0.2) is 0 Å². The largest absolute Gasteiger partial charge is 0.398 e. The molecule has 1 radical (unpaired) electrons. The minimum atomic E-state index is -4.30. The molecule has 2 aromatic rings. The minimum absolute atomic E-state index is 0. The molecule has 0 atom stereocenters. The van der Waals surface area contributed by atoms with Gasteiger partial charge in [-0.05, 0) is 49.2 Å². The summed E-state index contributed by atoms with van der Waals surface area (Å²) < 4.78 is 31.7. The fourth-order valence-corrected chi connectivity index (χ4v) is 2.65. The molecular weight excluding hydrogens is 327 g/mol. The molecule has 23 heavy (non-hydrogen) atoms. The van der Waals surface area contributed by atoms with Crippen LogP contribution in [0.25, 0.3) is 0 Å². The van der Waals surface area contributed by atoms with Crippen molar-refractivity contribution in [3.63, 3.8) is 0 Å². The molecule has 117 valence electrons. The van der Waals surface area contributed by atoms with E-state index in [9.17, 15) is 8.42 Å². The summed E-state index contributed by atoms with van der Waals surface area (Å²) in [6.07, 6.45) is 0. The maximum atomic E-state index is 11.3. The Hall–Kier alpha value is -1.45. The van der Waals surface area contributed by atoms with Gasteiger partial charge < -0.3 is 11.5 Å². The van der Waals surface area contributed by atoms with Crippen molar-refractivity contribution in [2.24, 2.45) is 10.2 Å². The third-order valence-corrected chi connectivity index (χ3v) is 4.21. The standard InChI is InChI=1S/C14H16N4O3S.Na/c1-8-6-13(11(16)7-10(8)15)18-17-12-4-3-5-14(9(12)2)22(19,20)21;/h3-7H,15-16H2,1-2H3,(H,19,20,21);. The van der Waals surface area contributed by atoms with Gasteiger partial charge in [0.15, 0.2) is 0 Å². The number of azo groups is 1. The third-order valence-electron chi connectivity index (χ3n) is 3.21.